The molecule has 0 radical (unpaired) electrons. The van der Waals surface area contributed by atoms with Crippen LogP contribution in [0, 0.1) is 11.8 Å². The van der Waals surface area contributed by atoms with E-state index in [0.717, 1.165) is 0 Å². The summed E-state index contributed by atoms with van der Waals surface area (Å²) in [5, 5.41) is 17.1. The van der Waals surface area contributed by atoms with Crippen molar-refractivity contribution in [2.45, 2.75) is 78.0 Å². The topological polar surface area (TPSA) is 215 Å². The van der Waals surface area contributed by atoms with Crippen molar-refractivity contribution in [3.63, 3.8) is 0 Å². The Morgan fingerprint density at radius 3 is 1.88 bits per heavy atom. The van der Waals surface area contributed by atoms with Crippen molar-refractivity contribution in [3.8, 4) is 0 Å². The number of carbonyl (C=O) groups is 4. The first kappa shape index (κ1) is 29.1. The molecule has 184 valence electrons. The minimum Gasteiger partial charge on any atom is -0.480 e. The monoisotopic (exact) mass is 457 g/mol. The van der Waals surface area contributed by atoms with Crippen LogP contribution in [0.15, 0.2) is 4.99 Å². The third kappa shape index (κ3) is 11.5. The van der Waals surface area contributed by atoms with Gasteiger partial charge in [0.2, 0.25) is 17.7 Å². The van der Waals surface area contributed by atoms with Crippen LogP contribution in [0.3, 0.4) is 0 Å². The molecular weight excluding hydrogens is 418 g/mol. The van der Waals surface area contributed by atoms with E-state index in [1.807, 2.05) is 13.8 Å². The van der Waals surface area contributed by atoms with E-state index < -0.39 is 47.9 Å². The Bertz CT molecular complexity index is 675. The van der Waals surface area contributed by atoms with E-state index in [0.29, 0.717) is 12.8 Å². The van der Waals surface area contributed by atoms with Crippen LogP contribution in [0.4, 0.5) is 0 Å². The number of hydrogen-bond acceptors (Lipinski definition) is 6. The number of aliphatic carboxylic acids is 1. The van der Waals surface area contributed by atoms with Crippen molar-refractivity contribution in [3.05, 3.63) is 0 Å². The average molecular weight is 458 g/mol. The second kappa shape index (κ2) is 14.2. The van der Waals surface area contributed by atoms with E-state index in [1.165, 1.54) is 6.92 Å². The Morgan fingerprint density at radius 1 is 0.875 bits per heavy atom. The lowest BCUT2D eigenvalue weighted by molar-refractivity contribution is -0.142. The molecule has 0 aliphatic carbocycles. The van der Waals surface area contributed by atoms with Gasteiger partial charge in [0.25, 0.3) is 0 Å². The maximum Gasteiger partial charge on any atom is 0.326 e. The average Bonchev–Trinajstić information content (AvgIpc) is 2.66. The number of hydrogen-bond donors (Lipinski definition) is 7. The van der Waals surface area contributed by atoms with Gasteiger partial charge in [0.1, 0.15) is 18.1 Å². The van der Waals surface area contributed by atoms with E-state index in [9.17, 15) is 24.3 Å². The van der Waals surface area contributed by atoms with Crippen molar-refractivity contribution >= 4 is 29.7 Å². The van der Waals surface area contributed by atoms with Gasteiger partial charge in [0, 0.05) is 6.54 Å². The molecule has 0 aromatic carbocycles. The molecule has 10 N–H and O–H groups in total. The van der Waals surface area contributed by atoms with Crippen LogP contribution in [0.5, 0.6) is 0 Å². The standard InChI is InChI=1S/C20H39N7O5/c1-10(2)9-14(26-16(28)12(5)21)17(29)27-15(11(3)4)18(30)25-13(19(31)32)7-6-8-24-20(22)23/h10-15H,6-9,21H2,1-5H3,(H,25,30)(H,26,28)(H,27,29)(H,31,32)(H4,22,23,24). The molecule has 0 spiro atoms. The highest BCUT2D eigenvalue weighted by molar-refractivity contribution is 5.94. The highest BCUT2D eigenvalue weighted by atomic mass is 16.4. The van der Waals surface area contributed by atoms with Gasteiger partial charge in [-0.15, -0.1) is 0 Å². The molecular formula is C20H39N7O5. The molecule has 0 fully saturated rings. The van der Waals surface area contributed by atoms with Gasteiger partial charge >= 0.3 is 5.97 Å². The van der Waals surface area contributed by atoms with Crippen LogP contribution in [0.2, 0.25) is 0 Å². The Labute approximate surface area is 189 Å². The molecule has 3 amide bonds. The van der Waals surface area contributed by atoms with Crippen LogP contribution in [-0.4, -0.2) is 65.5 Å². The van der Waals surface area contributed by atoms with Crippen LogP contribution in [0.1, 0.15) is 53.9 Å². The normalized spacial score (nSPS) is 14.8. The zero-order valence-electron chi connectivity index (χ0n) is 19.6. The Kier molecular flexibility index (Phi) is 12.9. The zero-order valence-corrected chi connectivity index (χ0v) is 19.6. The number of rotatable bonds is 14. The van der Waals surface area contributed by atoms with E-state index in [4.69, 9.17) is 17.2 Å². The number of guanidine groups is 1. The number of amides is 3. The second-order valence-corrected chi connectivity index (χ2v) is 8.56. The van der Waals surface area contributed by atoms with E-state index >= 15 is 0 Å². The summed E-state index contributed by atoms with van der Waals surface area (Å²) in [6.07, 6.45) is 0.796. The van der Waals surface area contributed by atoms with Crippen molar-refractivity contribution in [1.82, 2.24) is 16.0 Å². The lowest BCUT2D eigenvalue weighted by Crippen LogP contribution is -2.58. The van der Waals surface area contributed by atoms with Gasteiger partial charge < -0.3 is 38.3 Å². The van der Waals surface area contributed by atoms with Crippen LogP contribution >= 0.6 is 0 Å². The molecule has 0 heterocycles. The van der Waals surface area contributed by atoms with Crippen LogP contribution in [0.25, 0.3) is 0 Å². The maximum atomic E-state index is 12.8. The van der Waals surface area contributed by atoms with Gasteiger partial charge in [-0.2, -0.15) is 0 Å². The van der Waals surface area contributed by atoms with Gasteiger partial charge in [0.15, 0.2) is 5.96 Å². The zero-order chi connectivity index (χ0) is 25.0. The van der Waals surface area contributed by atoms with Crippen molar-refractivity contribution in [1.29, 1.82) is 0 Å². The van der Waals surface area contributed by atoms with Crippen molar-refractivity contribution in [2.24, 2.45) is 34.0 Å². The van der Waals surface area contributed by atoms with Crippen molar-refractivity contribution < 1.29 is 24.3 Å². The molecule has 0 bridgehead atoms. The lowest BCUT2D eigenvalue weighted by atomic mass is 9.99. The Morgan fingerprint density at radius 2 is 1.44 bits per heavy atom. The number of carboxylic acids is 1. The van der Waals surface area contributed by atoms with Gasteiger partial charge in [-0.3, -0.25) is 19.4 Å². The first-order valence-corrected chi connectivity index (χ1v) is 10.7. The quantitative estimate of drug-likeness (QED) is 0.0935. The predicted octanol–water partition coefficient (Wildman–Crippen LogP) is -1.37. The smallest absolute Gasteiger partial charge is 0.326 e. The fourth-order valence-corrected chi connectivity index (χ4v) is 2.82. The molecule has 0 aliphatic rings. The van der Waals surface area contributed by atoms with Gasteiger partial charge in [-0.1, -0.05) is 27.7 Å². The summed E-state index contributed by atoms with van der Waals surface area (Å²) < 4.78 is 0. The minimum absolute atomic E-state index is 0.0899. The molecule has 0 aromatic heterocycles. The maximum absolute atomic E-state index is 12.8. The van der Waals surface area contributed by atoms with Gasteiger partial charge in [-0.05, 0) is 38.0 Å². The molecule has 4 unspecified atom stereocenters. The first-order valence-electron chi connectivity index (χ1n) is 10.7. The third-order valence-corrected chi connectivity index (χ3v) is 4.56. The van der Waals surface area contributed by atoms with Crippen LogP contribution in [-0.2, 0) is 19.2 Å². The highest BCUT2D eigenvalue weighted by Crippen LogP contribution is 2.09. The predicted molar refractivity (Wildman–Crippen MR) is 121 cm³/mol. The second-order valence-electron chi connectivity index (χ2n) is 8.56. The van der Waals surface area contributed by atoms with E-state index in [1.54, 1.807) is 13.8 Å². The fraction of sp³-hybridized carbons (Fsp3) is 0.750. The molecule has 0 aliphatic heterocycles. The Hall–Kier alpha value is -2.89. The number of nitrogens with one attached hydrogen (secondary N) is 3. The van der Waals surface area contributed by atoms with Crippen molar-refractivity contribution in [2.75, 3.05) is 6.54 Å². The summed E-state index contributed by atoms with van der Waals surface area (Å²) >= 11 is 0. The number of aliphatic imine (C=N–C) groups is 1. The SMILES string of the molecule is CC(C)CC(NC(=O)C(C)N)C(=O)NC(C(=O)NC(CCCN=C(N)N)C(=O)O)C(C)C. The number of carbonyl (C=O) groups excluding carboxylic acids is 3. The number of nitrogens with zero attached hydrogens (tertiary/aromatic N) is 1. The largest absolute Gasteiger partial charge is 0.480 e. The summed E-state index contributed by atoms with van der Waals surface area (Å²) in [6, 6.07) is -3.84. The molecule has 0 rings (SSSR count). The Balaban J connectivity index is 5.28. The molecule has 0 aromatic rings. The number of carboxylic acid groups (broad SMARTS) is 1. The molecule has 0 saturated carbocycles. The van der Waals surface area contributed by atoms with E-state index in [2.05, 4.69) is 20.9 Å². The molecule has 0 saturated heterocycles. The lowest BCUT2D eigenvalue weighted by Gasteiger charge is -2.27. The third-order valence-electron chi connectivity index (χ3n) is 4.56. The summed E-state index contributed by atoms with van der Waals surface area (Å²) in [5.41, 5.74) is 16.1. The highest BCUT2D eigenvalue weighted by Gasteiger charge is 2.31. The summed E-state index contributed by atoms with van der Waals surface area (Å²) in [5.74, 6) is -3.21. The summed E-state index contributed by atoms with van der Waals surface area (Å²) in [7, 11) is 0. The summed E-state index contributed by atoms with van der Waals surface area (Å²) in [6.45, 7) is 8.95. The molecule has 4 atom stereocenters. The van der Waals surface area contributed by atoms with E-state index in [-0.39, 0.29) is 30.8 Å². The number of nitrogens with two attached hydrogens (primary N) is 3. The van der Waals surface area contributed by atoms with Gasteiger partial charge in [-0.25, -0.2) is 4.79 Å². The van der Waals surface area contributed by atoms with Crippen LogP contribution < -0.4 is 33.2 Å². The minimum atomic E-state index is -1.21. The fourth-order valence-electron chi connectivity index (χ4n) is 2.82. The summed E-state index contributed by atoms with van der Waals surface area (Å²) in [4.78, 5) is 53.0. The molecule has 32 heavy (non-hydrogen) atoms. The molecule has 12 heteroatoms. The van der Waals surface area contributed by atoms with Gasteiger partial charge in [0.05, 0.1) is 6.04 Å². The molecule has 12 nitrogen and oxygen atoms in total. The first-order chi connectivity index (χ1) is 14.8.